The van der Waals surface area contributed by atoms with Crippen molar-refractivity contribution in [2.75, 3.05) is 12.0 Å². The molecule has 3 heterocycles. The molecule has 0 bridgehead atoms. The number of anilines is 1. The number of rotatable bonds is 3. The average molecular weight is 492 g/mol. The predicted molar refractivity (Wildman–Crippen MR) is 130 cm³/mol. The number of fused-ring (bicyclic) bond motifs is 4. The van der Waals surface area contributed by atoms with Crippen molar-refractivity contribution in [2.24, 2.45) is 12.8 Å². The number of hydrogen-bond donors (Lipinski definition) is 1. The number of nitrogens with two attached hydrogens (primary N) is 1. The molecule has 5 rings (SSSR count). The summed E-state index contributed by atoms with van der Waals surface area (Å²) in [6.07, 6.45) is 0. The van der Waals surface area contributed by atoms with Gasteiger partial charge in [-0.25, -0.2) is 4.79 Å². The molecule has 0 unspecified atom stereocenters. The Morgan fingerprint density at radius 3 is 2.54 bits per heavy atom. The molecule has 35 heavy (non-hydrogen) atoms. The first-order valence-electron chi connectivity index (χ1n) is 10.9. The molecule has 0 saturated carbocycles. The Morgan fingerprint density at radius 2 is 1.83 bits per heavy atom. The number of methoxy groups -OCH3 is 1. The van der Waals surface area contributed by atoms with E-state index in [0.29, 0.717) is 27.5 Å². The number of para-hydroxylation sites is 1. The van der Waals surface area contributed by atoms with Crippen LogP contribution in [0.3, 0.4) is 0 Å². The molecule has 1 aromatic heterocycles. The summed E-state index contributed by atoms with van der Waals surface area (Å²) in [5.74, 6) is -1.55. The van der Waals surface area contributed by atoms with Gasteiger partial charge in [0.2, 0.25) is 11.8 Å². The lowest BCUT2D eigenvalue weighted by molar-refractivity contribution is -0.138. The number of hydrogen-bond acceptors (Lipinski definition) is 6. The molecule has 3 aromatic rings. The molecule has 1 spiro atoms. The largest absolute Gasteiger partial charge is 0.465 e. The van der Waals surface area contributed by atoms with Gasteiger partial charge in [-0.05, 0) is 24.6 Å². The van der Waals surface area contributed by atoms with Crippen molar-refractivity contribution in [1.82, 2.24) is 4.57 Å². The van der Waals surface area contributed by atoms with Crippen LogP contribution in [-0.4, -0.2) is 23.6 Å². The fourth-order valence-electron chi connectivity index (χ4n) is 4.94. The third-order valence-corrected chi connectivity index (χ3v) is 7.06. The van der Waals surface area contributed by atoms with Gasteiger partial charge in [0.05, 0.1) is 19.2 Å². The number of pyridine rings is 1. The van der Waals surface area contributed by atoms with Gasteiger partial charge in [0.1, 0.15) is 16.7 Å². The minimum Gasteiger partial charge on any atom is -0.465 e. The first-order chi connectivity index (χ1) is 16.7. The topological polar surface area (TPSA) is 104 Å². The summed E-state index contributed by atoms with van der Waals surface area (Å²) in [7, 11) is 2.78. The summed E-state index contributed by atoms with van der Waals surface area (Å²) >= 11 is 6.41. The molecule has 0 radical (unpaired) electrons. The Morgan fingerprint density at radius 1 is 1.14 bits per heavy atom. The van der Waals surface area contributed by atoms with E-state index in [2.05, 4.69) is 0 Å². The molecule has 2 aromatic carbocycles. The second-order valence-electron chi connectivity index (χ2n) is 8.47. The molecular formula is C26H22ClN3O5. The fourth-order valence-corrected chi connectivity index (χ4v) is 5.14. The number of carbonyl (C=O) groups excluding carboxylic acids is 2. The van der Waals surface area contributed by atoms with Crippen molar-refractivity contribution in [1.29, 1.82) is 0 Å². The van der Waals surface area contributed by atoms with Gasteiger partial charge < -0.3 is 24.7 Å². The normalized spacial score (nSPS) is 18.4. The standard InChI is InChI=1S/C26H22ClN3O5/c1-14-12-19-20(23(31)29(14)2)26(21(22(28)35-19)24(32)34-3)16-9-5-7-11-18(16)30(25(26)33)13-15-8-4-6-10-17(15)27/h4-12H,13,28H2,1-3H3/t26-/m1/s1. The number of aromatic nitrogens is 1. The summed E-state index contributed by atoms with van der Waals surface area (Å²) < 4.78 is 12.2. The highest BCUT2D eigenvalue weighted by molar-refractivity contribution is 6.31. The van der Waals surface area contributed by atoms with E-state index in [0.717, 1.165) is 0 Å². The molecule has 2 aliphatic rings. The minimum atomic E-state index is -1.86. The molecule has 178 valence electrons. The van der Waals surface area contributed by atoms with Crippen molar-refractivity contribution in [2.45, 2.75) is 18.9 Å². The predicted octanol–water partition coefficient (Wildman–Crippen LogP) is 2.92. The summed E-state index contributed by atoms with van der Waals surface area (Å²) in [5, 5.41) is 0.487. The number of carbonyl (C=O) groups is 2. The van der Waals surface area contributed by atoms with Gasteiger partial charge in [-0.1, -0.05) is 48.0 Å². The van der Waals surface area contributed by atoms with Crippen LogP contribution < -0.4 is 20.9 Å². The molecule has 0 saturated heterocycles. The zero-order chi connectivity index (χ0) is 25.1. The average Bonchev–Trinajstić information content (AvgIpc) is 3.07. The van der Waals surface area contributed by atoms with Crippen LogP contribution in [-0.2, 0) is 33.3 Å². The van der Waals surface area contributed by atoms with E-state index in [-0.39, 0.29) is 29.3 Å². The van der Waals surface area contributed by atoms with Crippen molar-refractivity contribution >= 4 is 29.2 Å². The van der Waals surface area contributed by atoms with Crippen LogP contribution in [0.2, 0.25) is 5.02 Å². The maximum absolute atomic E-state index is 14.5. The zero-order valence-electron chi connectivity index (χ0n) is 19.3. The number of halogens is 1. The highest BCUT2D eigenvalue weighted by Crippen LogP contribution is 2.55. The molecule has 8 nitrogen and oxygen atoms in total. The highest BCUT2D eigenvalue weighted by atomic mass is 35.5. The zero-order valence-corrected chi connectivity index (χ0v) is 20.1. The molecular weight excluding hydrogens is 470 g/mol. The fraction of sp³-hybridized carbons (Fsp3) is 0.192. The Hall–Kier alpha value is -4.04. The summed E-state index contributed by atoms with van der Waals surface area (Å²) in [6.45, 7) is 1.86. The van der Waals surface area contributed by atoms with E-state index >= 15 is 0 Å². The van der Waals surface area contributed by atoms with Gasteiger partial charge >= 0.3 is 5.97 Å². The molecule has 1 amide bonds. The lowest BCUT2D eigenvalue weighted by Crippen LogP contribution is -2.51. The third kappa shape index (κ3) is 3.03. The number of benzene rings is 2. The van der Waals surface area contributed by atoms with E-state index in [4.69, 9.17) is 26.8 Å². The van der Waals surface area contributed by atoms with E-state index in [1.54, 1.807) is 56.4 Å². The van der Waals surface area contributed by atoms with Crippen molar-refractivity contribution in [3.8, 4) is 5.75 Å². The molecule has 1 atom stereocenters. The summed E-state index contributed by atoms with van der Waals surface area (Å²) in [6, 6.07) is 15.8. The van der Waals surface area contributed by atoms with Crippen LogP contribution >= 0.6 is 11.6 Å². The monoisotopic (exact) mass is 491 g/mol. The van der Waals surface area contributed by atoms with Crippen LogP contribution in [0.1, 0.15) is 22.4 Å². The third-order valence-electron chi connectivity index (χ3n) is 6.69. The number of amides is 1. The number of aryl methyl sites for hydroxylation is 1. The Kier molecular flexibility index (Phi) is 5.21. The molecule has 0 aliphatic carbocycles. The molecule has 2 N–H and O–H groups in total. The Labute approximate surface area is 206 Å². The second-order valence-corrected chi connectivity index (χ2v) is 8.88. The lowest BCUT2D eigenvalue weighted by atomic mass is 9.68. The van der Waals surface area contributed by atoms with Crippen molar-refractivity contribution < 1.29 is 19.1 Å². The highest BCUT2D eigenvalue weighted by Gasteiger charge is 2.62. The SMILES string of the molecule is COC(=O)C1=C(N)Oc2cc(C)n(C)c(=O)c2[C@@]12C(=O)N(Cc1ccccc1Cl)c1ccccc12. The Bertz CT molecular complexity index is 1510. The maximum atomic E-state index is 14.5. The van der Waals surface area contributed by atoms with Gasteiger partial charge in [0, 0.05) is 35.1 Å². The van der Waals surface area contributed by atoms with Crippen LogP contribution in [0.5, 0.6) is 5.75 Å². The molecule has 0 fully saturated rings. The maximum Gasteiger partial charge on any atom is 0.340 e. The van der Waals surface area contributed by atoms with Crippen molar-refractivity contribution in [3.05, 3.63) is 104 Å². The summed E-state index contributed by atoms with van der Waals surface area (Å²) in [4.78, 5) is 42.9. The second kappa shape index (κ2) is 8.02. The number of esters is 1. The van der Waals surface area contributed by atoms with Crippen LogP contribution in [0.25, 0.3) is 0 Å². The summed E-state index contributed by atoms with van der Waals surface area (Å²) in [5.41, 5.74) is 5.98. The van der Waals surface area contributed by atoms with E-state index in [1.807, 2.05) is 12.1 Å². The minimum absolute atomic E-state index is 0.0132. The smallest absolute Gasteiger partial charge is 0.340 e. The molecule has 2 aliphatic heterocycles. The quantitative estimate of drug-likeness (QED) is 0.565. The van der Waals surface area contributed by atoms with E-state index in [9.17, 15) is 14.4 Å². The van der Waals surface area contributed by atoms with E-state index < -0.39 is 22.9 Å². The van der Waals surface area contributed by atoms with Crippen LogP contribution in [0, 0.1) is 6.92 Å². The van der Waals surface area contributed by atoms with E-state index in [1.165, 1.54) is 16.6 Å². The van der Waals surface area contributed by atoms with Gasteiger partial charge in [0.15, 0.2) is 0 Å². The Balaban J connectivity index is 1.88. The van der Waals surface area contributed by atoms with Gasteiger partial charge in [-0.15, -0.1) is 0 Å². The van der Waals surface area contributed by atoms with Gasteiger partial charge in [-0.3, -0.25) is 9.59 Å². The lowest BCUT2D eigenvalue weighted by Gasteiger charge is -2.35. The number of ether oxygens (including phenoxy) is 2. The van der Waals surface area contributed by atoms with Crippen LogP contribution in [0.4, 0.5) is 5.69 Å². The molecule has 9 heteroatoms. The van der Waals surface area contributed by atoms with Crippen LogP contribution in [0.15, 0.2) is 70.8 Å². The van der Waals surface area contributed by atoms with Crippen molar-refractivity contribution in [3.63, 3.8) is 0 Å². The first-order valence-corrected chi connectivity index (χ1v) is 11.2. The van der Waals surface area contributed by atoms with Gasteiger partial charge in [-0.2, -0.15) is 0 Å². The van der Waals surface area contributed by atoms with Gasteiger partial charge in [0.25, 0.3) is 5.56 Å². The first kappa shape index (κ1) is 22.7. The number of nitrogens with zero attached hydrogens (tertiary/aromatic N) is 2.